The van der Waals surface area contributed by atoms with E-state index in [1.54, 1.807) is 24.3 Å². The van der Waals surface area contributed by atoms with E-state index >= 15 is 0 Å². The number of nitrogens with one attached hydrogen (secondary N) is 1. The zero-order chi connectivity index (χ0) is 14.8. The molecule has 0 saturated heterocycles. The van der Waals surface area contributed by atoms with E-state index in [4.69, 9.17) is 9.47 Å². The van der Waals surface area contributed by atoms with Crippen LogP contribution in [0.5, 0.6) is 5.75 Å². The van der Waals surface area contributed by atoms with Crippen LogP contribution in [0.3, 0.4) is 0 Å². The number of hydrogen-bond donors (Lipinski definition) is 1. The van der Waals surface area contributed by atoms with Crippen LogP contribution in [0.1, 0.15) is 20.3 Å². The van der Waals surface area contributed by atoms with Crippen molar-refractivity contribution in [3.8, 4) is 5.75 Å². The Balaban J connectivity index is 2.27. The van der Waals surface area contributed by atoms with Crippen LogP contribution in [0, 0.1) is 5.92 Å². The van der Waals surface area contributed by atoms with E-state index in [0.29, 0.717) is 37.0 Å². The Bertz CT molecular complexity index is 393. The maximum atomic E-state index is 11.9. The molecule has 112 valence electrons. The minimum Gasteiger partial charge on any atom is -0.491 e. The zero-order valence-corrected chi connectivity index (χ0v) is 12.0. The van der Waals surface area contributed by atoms with Crippen LogP contribution < -0.4 is 10.1 Å². The predicted molar refractivity (Wildman–Crippen MR) is 76.8 cm³/mol. The van der Waals surface area contributed by atoms with Crippen molar-refractivity contribution in [2.75, 3.05) is 31.8 Å². The molecule has 1 N–H and O–H groups in total. The third kappa shape index (κ3) is 7.09. The van der Waals surface area contributed by atoms with Crippen molar-refractivity contribution in [1.29, 1.82) is 0 Å². The molecule has 0 spiro atoms. The van der Waals surface area contributed by atoms with E-state index in [1.165, 1.54) is 0 Å². The van der Waals surface area contributed by atoms with Crippen LogP contribution in [0.4, 0.5) is 10.1 Å². The lowest BCUT2D eigenvalue weighted by Gasteiger charge is -2.08. The minimum absolute atomic E-state index is 0.0406. The van der Waals surface area contributed by atoms with Crippen molar-refractivity contribution < 1.29 is 18.7 Å². The Hall–Kier alpha value is -1.62. The fourth-order valence-corrected chi connectivity index (χ4v) is 1.50. The van der Waals surface area contributed by atoms with Gasteiger partial charge in [-0.1, -0.05) is 13.8 Å². The molecule has 0 saturated carbocycles. The molecule has 0 aliphatic carbocycles. The van der Waals surface area contributed by atoms with Crippen molar-refractivity contribution >= 4 is 11.6 Å². The van der Waals surface area contributed by atoms with Crippen LogP contribution in [0.15, 0.2) is 24.3 Å². The Kier molecular flexibility index (Phi) is 7.65. The number of anilines is 1. The summed E-state index contributed by atoms with van der Waals surface area (Å²) >= 11 is 0. The van der Waals surface area contributed by atoms with Gasteiger partial charge in [0.2, 0.25) is 5.91 Å². The maximum absolute atomic E-state index is 11.9. The molecule has 1 rings (SSSR count). The molecule has 0 bridgehead atoms. The highest BCUT2D eigenvalue weighted by Crippen LogP contribution is 2.15. The molecule has 1 aromatic rings. The van der Waals surface area contributed by atoms with E-state index in [-0.39, 0.29) is 12.5 Å². The monoisotopic (exact) mass is 283 g/mol. The summed E-state index contributed by atoms with van der Waals surface area (Å²) < 4.78 is 22.4. The van der Waals surface area contributed by atoms with Gasteiger partial charge in [0, 0.05) is 12.3 Å². The molecule has 4 nitrogen and oxygen atoms in total. The van der Waals surface area contributed by atoms with Gasteiger partial charge < -0.3 is 14.8 Å². The third-order valence-electron chi connectivity index (χ3n) is 2.41. The number of carbonyl (C=O) groups is 1. The van der Waals surface area contributed by atoms with Gasteiger partial charge in [0.05, 0.1) is 13.0 Å². The molecule has 0 atom stereocenters. The van der Waals surface area contributed by atoms with Gasteiger partial charge in [-0.05, 0) is 30.2 Å². The largest absolute Gasteiger partial charge is 0.491 e. The average Bonchev–Trinajstić information content (AvgIpc) is 2.43. The van der Waals surface area contributed by atoms with Crippen LogP contribution >= 0.6 is 0 Å². The van der Waals surface area contributed by atoms with Crippen LogP contribution in [0.2, 0.25) is 0 Å². The quantitative estimate of drug-likeness (QED) is 0.709. The summed E-state index contributed by atoms with van der Waals surface area (Å²) in [6, 6.07) is 6.84. The summed E-state index contributed by atoms with van der Waals surface area (Å²) in [5.41, 5.74) is 0.687. The highest BCUT2D eigenvalue weighted by atomic mass is 19.1. The SMILES string of the molecule is CC(C)COCCC(=O)Nc1ccc(OCCF)cc1. The summed E-state index contributed by atoms with van der Waals surface area (Å²) in [5, 5.41) is 2.76. The second-order valence-electron chi connectivity index (χ2n) is 4.83. The van der Waals surface area contributed by atoms with E-state index in [1.807, 2.05) is 0 Å². The predicted octanol–water partition coefficient (Wildman–Crippen LogP) is 3.04. The number of benzene rings is 1. The van der Waals surface area contributed by atoms with Gasteiger partial charge in [0.15, 0.2) is 0 Å². The molecule has 0 heterocycles. The highest BCUT2D eigenvalue weighted by Gasteiger charge is 2.03. The fraction of sp³-hybridized carbons (Fsp3) is 0.533. The molecular weight excluding hydrogens is 261 g/mol. The summed E-state index contributed by atoms with van der Waals surface area (Å²) in [7, 11) is 0. The normalized spacial score (nSPS) is 10.6. The second kappa shape index (κ2) is 9.31. The lowest BCUT2D eigenvalue weighted by atomic mass is 10.2. The first-order valence-electron chi connectivity index (χ1n) is 6.78. The lowest BCUT2D eigenvalue weighted by Crippen LogP contribution is -2.15. The van der Waals surface area contributed by atoms with Crippen molar-refractivity contribution in [2.24, 2.45) is 5.92 Å². The highest BCUT2D eigenvalue weighted by molar-refractivity contribution is 5.90. The Morgan fingerprint density at radius 3 is 2.55 bits per heavy atom. The first-order valence-corrected chi connectivity index (χ1v) is 6.78. The third-order valence-corrected chi connectivity index (χ3v) is 2.41. The standard InChI is InChI=1S/C15H22FNO3/c1-12(2)11-19-9-7-15(18)17-13-3-5-14(6-4-13)20-10-8-16/h3-6,12H,7-11H2,1-2H3,(H,17,18). The molecule has 1 amide bonds. The van der Waals surface area contributed by atoms with Gasteiger partial charge in [-0.15, -0.1) is 0 Å². The molecule has 0 unspecified atom stereocenters. The Morgan fingerprint density at radius 1 is 1.25 bits per heavy atom. The molecular formula is C15H22FNO3. The molecule has 20 heavy (non-hydrogen) atoms. The van der Waals surface area contributed by atoms with Gasteiger partial charge in [0.25, 0.3) is 0 Å². The number of carbonyl (C=O) groups excluding carboxylic acids is 1. The second-order valence-corrected chi connectivity index (χ2v) is 4.83. The van der Waals surface area contributed by atoms with Crippen molar-refractivity contribution in [3.63, 3.8) is 0 Å². The molecule has 0 aliphatic heterocycles. The molecule has 0 fully saturated rings. The average molecular weight is 283 g/mol. The number of hydrogen-bond acceptors (Lipinski definition) is 3. The number of ether oxygens (including phenoxy) is 2. The maximum Gasteiger partial charge on any atom is 0.226 e. The number of halogens is 1. The summed E-state index contributed by atoms with van der Waals surface area (Å²) in [6.45, 7) is 4.72. The molecule has 0 aliphatic rings. The smallest absolute Gasteiger partial charge is 0.226 e. The van der Waals surface area contributed by atoms with Gasteiger partial charge in [0.1, 0.15) is 19.0 Å². The van der Waals surface area contributed by atoms with Crippen LogP contribution in [0.25, 0.3) is 0 Å². The van der Waals surface area contributed by atoms with Crippen molar-refractivity contribution in [2.45, 2.75) is 20.3 Å². The van der Waals surface area contributed by atoms with E-state index in [9.17, 15) is 9.18 Å². The Labute approximate surface area is 119 Å². The van der Waals surface area contributed by atoms with Gasteiger partial charge in [-0.2, -0.15) is 0 Å². The van der Waals surface area contributed by atoms with Gasteiger partial charge in [-0.25, -0.2) is 4.39 Å². The topological polar surface area (TPSA) is 47.6 Å². The van der Waals surface area contributed by atoms with E-state index in [0.717, 1.165) is 0 Å². The van der Waals surface area contributed by atoms with Gasteiger partial charge >= 0.3 is 0 Å². The minimum atomic E-state index is -0.519. The van der Waals surface area contributed by atoms with Crippen molar-refractivity contribution in [1.82, 2.24) is 0 Å². The zero-order valence-electron chi connectivity index (χ0n) is 12.0. The summed E-state index contributed by atoms with van der Waals surface area (Å²) in [5.74, 6) is 0.960. The summed E-state index contributed by atoms with van der Waals surface area (Å²) in [6.07, 6.45) is 0.326. The molecule has 5 heteroatoms. The van der Waals surface area contributed by atoms with E-state index in [2.05, 4.69) is 19.2 Å². The first kappa shape index (κ1) is 16.4. The lowest BCUT2D eigenvalue weighted by molar-refractivity contribution is -0.117. The number of alkyl halides is 1. The van der Waals surface area contributed by atoms with E-state index < -0.39 is 6.67 Å². The molecule has 0 radical (unpaired) electrons. The molecule has 1 aromatic carbocycles. The molecule has 0 aromatic heterocycles. The van der Waals surface area contributed by atoms with Crippen LogP contribution in [-0.4, -0.2) is 32.4 Å². The number of amides is 1. The first-order chi connectivity index (χ1) is 9.61. The van der Waals surface area contributed by atoms with Crippen LogP contribution in [-0.2, 0) is 9.53 Å². The van der Waals surface area contributed by atoms with Crippen molar-refractivity contribution in [3.05, 3.63) is 24.3 Å². The summed E-state index contributed by atoms with van der Waals surface area (Å²) in [4.78, 5) is 11.6. The van der Waals surface area contributed by atoms with Gasteiger partial charge in [-0.3, -0.25) is 4.79 Å². The number of rotatable bonds is 9. The Morgan fingerprint density at radius 2 is 1.95 bits per heavy atom. The fourth-order valence-electron chi connectivity index (χ4n) is 1.50.